The van der Waals surface area contributed by atoms with E-state index in [1.54, 1.807) is 35.4 Å². The fourth-order valence-corrected chi connectivity index (χ4v) is 3.73. The predicted molar refractivity (Wildman–Crippen MR) is 125 cm³/mol. The molecule has 0 radical (unpaired) electrons. The minimum Gasteiger partial charge on any atom is -0.497 e. The van der Waals surface area contributed by atoms with Gasteiger partial charge in [-0.25, -0.2) is 14.4 Å². The Morgan fingerprint density at radius 2 is 2.00 bits per heavy atom. The van der Waals surface area contributed by atoms with Crippen LogP contribution in [0.2, 0.25) is 0 Å². The van der Waals surface area contributed by atoms with Gasteiger partial charge in [0.15, 0.2) is 30.0 Å². The lowest BCUT2D eigenvalue weighted by Gasteiger charge is -2.24. The van der Waals surface area contributed by atoms with Crippen molar-refractivity contribution in [1.29, 1.82) is 0 Å². The van der Waals surface area contributed by atoms with Crippen molar-refractivity contribution >= 4 is 22.7 Å². The first kappa shape index (κ1) is 22.3. The lowest BCUT2D eigenvalue weighted by Crippen LogP contribution is -2.27. The summed E-state index contributed by atoms with van der Waals surface area (Å²) < 4.78 is 33.3. The van der Waals surface area contributed by atoms with E-state index in [2.05, 4.69) is 20.2 Å². The molecule has 0 saturated heterocycles. The lowest BCUT2D eigenvalue weighted by atomic mass is 10.2. The number of aromatic amines is 1. The molecule has 10 nitrogen and oxygen atoms in total. The fraction of sp³-hybridized carbons (Fsp3) is 0.208. The molecule has 0 aliphatic heterocycles. The normalized spacial score (nSPS) is 11.1. The van der Waals surface area contributed by atoms with Crippen LogP contribution in [0.1, 0.15) is 11.5 Å². The van der Waals surface area contributed by atoms with Crippen molar-refractivity contribution < 1.29 is 23.1 Å². The van der Waals surface area contributed by atoms with E-state index in [9.17, 15) is 0 Å². The molecule has 0 saturated carbocycles. The predicted octanol–water partition coefficient (Wildman–Crippen LogP) is 3.64. The Bertz CT molecular complexity index is 1510. The summed E-state index contributed by atoms with van der Waals surface area (Å²) in [6, 6.07) is 8.39. The third kappa shape index (κ3) is 4.35. The van der Waals surface area contributed by atoms with Gasteiger partial charge in [-0.2, -0.15) is 5.10 Å². The minimum atomic E-state index is -0.564. The first-order valence-electron chi connectivity index (χ1n) is 10.7. The average molecular weight is 476 g/mol. The zero-order chi connectivity index (χ0) is 24.5. The monoisotopic (exact) mass is 476 g/mol. The van der Waals surface area contributed by atoms with Gasteiger partial charge in [0.25, 0.3) is 0 Å². The average Bonchev–Trinajstić information content (AvgIpc) is 3.50. The van der Waals surface area contributed by atoms with E-state index in [4.69, 9.17) is 19.0 Å². The number of halogens is 1. The molecular formula is C24H23FN7O3+. The molecule has 0 aliphatic carbocycles. The molecule has 4 heterocycles. The maximum absolute atomic E-state index is 15.5. The number of aryl methyl sites for hydroxylation is 2. The second kappa shape index (κ2) is 9.01. The summed E-state index contributed by atoms with van der Waals surface area (Å²) in [5, 5.41) is 7.01. The van der Waals surface area contributed by atoms with Crippen LogP contribution in [-0.4, -0.2) is 39.4 Å². The molecule has 178 valence electrons. The van der Waals surface area contributed by atoms with Crippen LogP contribution in [0.3, 0.4) is 0 Å². The highest BCUT2D eigenvalue weighted by Gasteiger charge is 2.23. The van der Waals surface area contributed by atoms with Gasteiger partial charge in [-0.05, 0) is 19.1 Å². The van der Waals surface area contributed by atoms with Gasteiger partial charge < -0.3 is 18.9 Å². The molecule has 4 aromatic heterocycles. The van der Waals surface area contributed by atoms with Crippen LogP contribution in [0.5, 0.6) is 11.5 Å². The first-order valence-corrected chi connectivity index (χ1v) is 10.7. The summed E-state index contributed by atoms with van der Waals surface area (Å²) >= 11 is 0. The van der Waals surface area contributed by atoms with Gasteiger partial charge in [-0.1, -0.05) is 5.16 Å². The molecule has 0 atom stereocenters. The van der Waals surface area contributed by atoms with Crippen LogP contribution in [0.4, 0.5) is 15.9 Å². The Morgan fingerprint density at radius 3 is 2.69 bits per heavy atom. The smallest absolute Gasteiger partial charge is 0.204 e. The SMILES string of the molecule is COc1cc(OC)c(F)c(N(Cc2cc(C)no2)c2ccc3ncc(-c4c[nH][n+](C)c4)nc3n2)c1. The van der Waals surface area contributed by atoms with E-state index in [0.29, 0.717) is 39.9 Å². The Labute approximate surface area is 199 Å². The van der Waals surface area contributed by atoms with Crippen LogP contribution >= 0.6 is 0 Å². The number of aromatic nitrogens is 6. The van der Waals surface area contributed by atoms with Crippen LogP contribution in [0.25, 0.3) is 22.4 Å². The van der Waals surface area contributed by atoms with Crippen molar-refractivity contribution in [3.8, 4) is 22.8 Å². The molecule has 5 aromatic rings. The Balaban J connectivity index is 1.65. The van der Waals surface area contributed by atoms with Gasteiger partial charge in [-0.15, -0.1) is 4.68 Å². The van der Waals surface area contributed by atoms with Gasteiger partial charge >= 0.3 is 0 Å². The van der Waals surface area contributed by atoms with E-state index in [-0.39, 0.29) is 18.0 Å². The van der Waals surface area contributed by atoms with Crippen molar-refractivity contribution in [3.63, 3.8) is 0 Å². The van der Waals surface area contributed by atoms with Crippen molar-refractivity contribution in [2.75, 3.05) is 19.1 Å². The molecule has 0 bridgehead atoms. The minimum absolute atomic E-state index is 0.0429. The molecule has 0 amide bonds. The van der Waals surface area contributed by atoms with Crippen LogP contribution in [0, 0.1) is 12.7 Å². The van der Waals surface area contributed by atoms with E-state index < -0.39 is 5.82 Å². The topological polar surface area (TPSA) is 106 Å². The second-order valence-electron chi connectivity index (χ2n) is 7.92. The van der Waals surface area contributed by atoms with Crippen molar-refractivity contribution in [2.45, 2.75) is 13.5 Å². The van der Waals surface area contributed by atoms with Gasteiger partial charge in [0.1, 0.15) is 17.1 Å². The van der Waals surface area contributed by atoms with Gasteiger partial charge in [-0.3, -0.25) is 4.98 Å². The molecular weight excluding hydrogens is 453 g/mol. The van der Waals surface area contributed by atoms with Gasteiger partial charge in [0, 0.05) is 18.2 Å². The largest absolute Gasteiger partial charge is 0.497 e. The zero-order valence-electron chi connectivity index (χ0n) is 19.6. The number of anilines is 2. The summed E-state index contributed by atoms with van der Waals surface area (Å²) in [4.78, 5) is 15.6. The highest BCUT2D eigenvalue weighted by molar-refractivity contribution is 5.77. The zero-order valence-corrected chi connectivity index (χ0v) is 19.6. The fourth-order valence-electron chi connectivity index (χ4n) is 3.73. The van der Waals surface area contributed by atoms with Crippen molar-refractivity contribution in [3.05, 3.63) is 66.2 Å². The lowest BCUT2D eigenvalue weighted by molar-refractivity contribution is -0.726. The van der Waals surface area contributed by atoms with Crippen LogP contribution in [-0.2, 0) is 13.6 Å². The molecule has 1 N–H and O–H groups in total. The number of hydrogen-bond donors (Lipinski definition) is 1. The Kier molecular flexibility index (Phi) is 5.73. The summed E-state index contributed by atoms with van der Waals surface area (Å²) in [7, 11) is 4.79. The van der Waals surface area contributed by atoms with E-state index in [1.165, 1.54) is 20.3 Å². The molecule has 5 rings (SSSR count). The highest BCUT2D eigenvalue weighted by Crippen LogP contribution is 2.37. The number of ether oxygens (including phenoxy) is 2. The number of benzene rings is 1. The molecule has 35 heavy (non-hydrogen) atoms. The standard InChI is InChI=1S/C24H22FN7O3/c1-14-7-17(35-30-14)13-32(20-8-16(33-3)9-21(34-4)23(20)25)22-6-5-18-24(29-22)28-19(11-26-18)15-10-27-31(2)12-15/h5-12H,13H2,1-4H3/p+1. The summed E-state index contributed by atoms with van der Waals surface area (Å²) in [5.41, 5.74) is 3.46. The molecule has 0 aliphatic rings. The van der Waals surface area contributed by atoms with Crippen molar-refractivity contribution in [1.82, 2.24) is 25.2 Å². The summed E-state index contributed by atoms with van der Waals surface area (Å²) in [6.07, 6.45) is 5.42. The number of pyridine rings is 1. The van der Waals surface area contributed by atoms with Gasteiger partial charge in [0.05, 0.1) is 55.8 Å². The number of methoxy groups -OCH3 is 2. The van der Waals surface area contributed by atoms with E-state index in [0.717, 1.165) is 5.56 Å². The highest BCUT2D eigenvalue weighted by atomic mass is 19.1. The van der Waals surface area contributed by atoms with E-state index >= 15 is 4.39 Å². The van der Waals surface area contributed by atoms with Crippen LogP contribution < -0.4 is 19.1 Å². The number of rotatable bonds is 7. The maximum Gasteiger partial charge on any atom is 0.204 e. The number of fused-ring (bicyclic) bond motifs is 1. The first-order chi connectivity index (χ1) is 16.9. The molecule has 0 unspecified atom stereocenters. The molecule has 0 spiro atoms. The quantitative estimate of drug-likeness (QED) is 0.355. The van der Waals surface area contributed by atoms with Gasteiger partial charge in [0.2, 0.25) is 6.20 Å². The Hall–Kier alpha value is -4.54. The number of H-pyrrole nitrogens is 1. The third-order valence-electron chi connectivity index (χ3n) is 5.45. The second-order valence-corrected chi connectivity index (χ2v) is 7.92. The Morgan fingerprint density at radius 1 is 1.14 bits per heavy atom. The molecule has 11 heteroatoms. The van der Waals surface area contributed by atoms with E-state index in [1.807, 2.05) is 31.0 Å². The van der Waals surface area contributed by atoms with Crippen LogP contribution in [0.15, 0.2) is 53.4 Å². The number of hydrogen-bond acceptors (Lipinski definition) is 8. The van der Waals surface area contributed by atoms with Crippen molar-refractivity contribution in [2.24, 2.45) is 7.05 Å². The number of nitrogens with zero attached hydrogens (tertiary/aromatic N) is 6. The summed E-state index contributed by atoms with van der Waals surface area (Å²) in [5.74, 6) is 0.879. The maximum atomic E-state index is 15.5. The molecule has 0 fully saturated rings. The third-order valence-corrected chi connectivity index (χ3v) is 5.45. The summed E-state index contributed by atoms with van der Waals surface area (Å²) in [6.45, 7) is 1.98. The number of nitrogens with one attached hydrogen (secondary N) is 1. The molecule has 1 aromatic carbocycles.